The fourth-order valence-electron chi connectivity index (χ4n) is 3.42. The molecule has 2 aromatic carbocycles. The van der Waals surface area contributed by atoms with Crippen molar-refractivity contribution in [3.05, 3.63) is 59.8 Å². The highest BCUT2D eigenvalue weighted by molar-refractivity contribution is 7.99. The average molecular weight is 441 g/mol. The van der Waals surface area contributed by atoms with E-state index in [-0.39, 0.29) is 6.61 Å². The van der Waals surface area contributed by atoms with Gasteiger partial charge in [0.2, 0.25) is 0 Å². The number of benzene rings is 2. The van der Waals surface area contributed by atoms with Crippen molar-refractivity contribution in [3.8, 4) is 17.1 Å². The van der Waals surface area contributed by atoms with Gasteiger partial charge in [-0.3, -0.25) is 4.57 Å². The Bertz CT molecular complexity index is 1150. The van der Waals surface area contributed by atoms with Gasteiger partial charge in [-0.2, -0.15) is 0 Å². The number of nitrogens with one attached hydrogen (secondary N) is 1. The molecule has 2 N–H and O–H groups in total. The molecule has 8 heteroatoms. The highest BCUT2D eigenvalue weighted by atomic mass is 35.5. The number of aliphatic hydroxyl groups is 1. The number of aromatic amines is 1. The molecule has 6 nitrogen and oxygen atoms in total. The minimum absolute atomic E-state index is 0.210. The number of halogens is 1. The van der Waals surface area contributed by atoms with E-state index < -0.39 is 6.10 Å². The summed E-state index contributed by atoms with van der Waals surface area (Å²) in [5, 5.41) is 21.9. The summed E-state index contributed by atoms with van der Waals surface area (Å²) in [4.78, 5) is 3.32. The van der Waals surface area contributed by atoms with Gasteiger partial charge in [-0.1, -0.05) is 41.6 Å². The van der Waals surface area contributed by atoms with E-state index in [0.717, 1.165) is 40.3 Å². The second kappa shape index (κ2) is 8.34. The second-order valence-electron chi connectivity index (χ2n) is 7.39. The topological polar surface area (TPSA) is 76.0 Å². The van der Waals surface area contributed by atoms with Crippen molar-refractivity contribution in [1.82, 2.24) is 19.7 Å². The molecule has 1 atom stereocenters. The smallest absolute Gasteiger partial charge is 0.191 e. The zero-order chi connectivity index (χ0) is 20.5. The van der Waals surface area contributed by atoms with Crippen molar-refractivity contribution in [2.45, 2.75) is 30.1 Å². The number of ether oxygens (including phenoxy) is 1. The molecule has 0 saturated heterocycles. The van der Waals surface area contributed by atoms with Crippen LogP contribution in [0.3, 0.4) is 0 Å². The van der Waals surface area contributed by atoms with Crippen molar-refractivity contribution in [2.75, 3.05) is 12.4 Å². The highest BCUT2D eigenvalue weighted by Crippen LogP contribution is 2.42. The molecule has 5 rings (SSSR count). The summed E-state index contributed by atoms with van der Waals surface area (Å²) in [6.07, 6.45) is 3.63. The van der Waals surface area contributed by atoms with E-state index in [1.54, 1.807) is 24.3 Å². The van der Waals surface area contributed by atoms with E-state index in [2.05, 4.69) is 31.9 Å². The van der Waals surface area contributed by atoms with E-state index in [4.69, 9.17) is 16.3 Å². The molecule has 1 unspecified atom stereocenters. The van der Waals surface area contributed by atoms with Gasteiger partial charge in [-0.15, -0.1) is 10.2 Å². The zero-order valence-corrected chi connectivity index (χ0v) is 17.7. The molecule has 0 bridgehead atoms. The van der Waals surface area contributed by atoms with Crippen LogP contribution in [0.5, 0.6) is 5.75 Å². The first kappa shape index (κ1) is 19.5. The molecule has 0 amide bonds. The van der Waals surface area contributed by atoms with Crippen LogP contribution in [-0.2, 0) is 0 Å². The minimum Gasteiger partial charge on any atom is -0.491 e. The molecule has 0 spiro atoms. The molecule has 1 fully saturated rings. The number of hydrogen-bond acceptors (Lipinski definition) is 5. The Hall–Kier alpha value is -2.48. The van der Waals surface area contributed by atoms with Crippen LogP contribution in [0.1, 0.15) is 18.9 Å². The number of rotatable bonds is 8. The molecule has 1 aliphatic carbocycles. The molecule has 30 heavy (non-hydrogen) atoms. The Balaban J connectivity index is 1.29. The molecule has 1 aliphatic rings. The van der Waals surface area contributed by atoms with E-state index in [9.17, 15) is 5.11 Å². The van der Waals surface area contributed by atoms with Gasteiger partial charge in [0.15, 0.2) is 11.0 Å². The van der Waals surface area contributed by atoms with E-state index in [1.807, 2.05) is 18.3 Å². The SMILES string of the molecule is OC(COc1ccc(Cl)cc1)CSc1nnc(-c2c[nH]c3ccccc23)n1C1CC1. The molecule has 2 heterocycles. The number of H-pyrrole nitrogens is 1. The molecule has 4 aromatic rings. The number of nitrogens with zero attached hydrogens (tertiary/aromatic N) is 3. The molecular weight excluding hydrogens is 420 g/mol. The summed E-state index contributed by atoms with van der Waals surface area (Å²) >= 11 is 7.40. The third kappa shape index (κ3) is 4.05. The molecule has 0 aliphatic heterocycles. The Morgan fingerprint density at radius 3 is 2.77 bits per heavy atom. The Morgan fingerprint density at radius 2 is 1.97 bits per heavy atom. The van der Waals surface area contributed by atoms with Crippen LogP contribution in [0.15, 0.2) is 59.9 Å². The first-order chi connectivity index (χ1) is 14.7. The van der Waals surface area contributed by atoms with Crippen LogP contribution < -0.4 is 4.74 Å². The van der Waals surface area contributed by atoms with Crippen LogP contribution in [-0.4, -0.2) is 43.3 Å². The number of aromatic nitrogens is 4. The monoisotopic (exact) mass is 440 g/mol. The molecular formula is C22H21ClN4O2S. The van der Waals surface area contributed by atoms with Crippen molar-refractivity contribution >= 4 is 34.3 Å². The fraction of sp³-hybridized carbons (Fsp3) is 0.273. The molecule has 2 aromatic heterocycles. The maximum atomic E-state index is 10.4. The van der Waals surface area contributed by atoms with Gasteiger partial charge in [-0.25, -0.2) is 0 Å². The number of aliphatic hydroxyl groups excluding tert-OH is 1. The lowest BCUT2D eigenvalue weighted by atomic mass is 10.1. The summed E-state index contributed by atoms with van der Waals surface area (Å²) in [5.41, 5.74) is 2.14. The maximum absolute atomic E-state index is 10.4. The Kier molecular flexibility index (Phi) is 5.41. The van der Waals surface area contributed by atoms with Gasteiger partial charge < -0.3 is 14.8 Å². The Morgan fingerprint density at radius 1 is 1.17 bits per heavy atom. The van der Waals surface area contributed by atoms with Gasteiger partial charge in [0, 0.05) is 39.5 Å². The summed E-state index contributed by atoms with van der Waals surface area (Å²) in [5.74, 6) is 2.04. The summed E-state index contributed by atoms with van der Waals surface area (Å²) in [6, 6.07) is 15.7. The van der Waals surface area contributed by atoms with E-state index in [0.29, 0.717) is 22.6 Å². The molecule has 1 saturated carbocycles. The van der Waals surface area contributed by atoms with Crippen molar-refractivity contribution in [1.29, 1.82) is 0 Å². The highest BCUT2D eigenvalue weighted by Gasteiger charge is 2.31. The lowest BCUT2D eigenvalue weighted by molar-refractivity contribution is 0.126. The third-order valence-electron chi connectivity index (χ3n) is 5.07. The van der Waals surface area contributed by atoms with Gasteiger partial charge >= 0.3 is 0 Å². The first-order valence-electron chi connectivity index (χ1n) is 9.89. The number of fused-ring (bicyclic) bond motifs is 1. The van der Waals surface area contributed by atoms with Gasteiger partial charge in [0.05, 0.1) is 6.10 Å². The maximum Gasteiger partial charge on any atom is 0.191 e. The van der Waals surface area contributed by atoms with Crippen molar-refractivity contribution in [2.24, 2.45) is 0 Å². The van der Waals surface area contributed by atoms with Gasteiger partial charge in [0.25, 0.3) is 0 Å². The normalized spacial score (nSPS) is 14.9. The fourth-order valence-corrected chi connectivity index (χ4v) is 4.46. The zero-order valence-electron chi connectivity index (χ0n) is 16.2. The second-order valence-corrected chi connectivity index (χ2v) is 8.81. The lowest BCUT2D eigenvalue weighted by Gasteiger charge is -2.13. The predicted octanol–water partition coefficient (Wildman–Crippen LogP) is 4.95. The van der Waals surface area contributed by atoms with Crippen LogP contribution in [0, 0.1) is 0 Å². The largest absolute Gasteiger partial charge is 0.491 e. The lowest BCUT2D eigenvalue weighted by Crippen LogP contribution is -2.20. The van der Waals surface area contributed by atoms with E-state index in [1.165, 1.54) is 11.8 Å². The predicted molar refractivity (Wildman–Crippen MR) is 119 cm³/mol. The summed E-state index contributed by atoms with van der Waals surface area (Å²) in [7, 11) is 0. The number of para-hydroxylation sites is 1. The van der Waals surface area contributed by atoms with Crippen LogP contribution in [0.25, 0.3) is 22.3 Å². The molecule has 0 radical (unpaired) electrons. The standard InChI is InChI=1S/C22H21ClN4O2S/c23-14-5-9-17(10-6-14)29-12-16(28)13-30-22-26-25-21(27(22)15-7-8-15)19-11-24-20-4-2-1-3-18(19)20/h1-6,9-11,15-16,24,28H,7-8,12-13H2. The van der Waals surface area contributed by atoms with E-state index >= 15 is 0 Å². The summed E-state index contributed by atoms with van der Waals surface area (Å²) < 4.78 is 7.86. The van der Waals surface area contributed by atoms with Crippen molar-refractivity contribution < 1.29 is 9.84 Å². The van der Waals surface area contributed by atoms with Crippen molar-refractivity contribution in [3.63, 3.8) is 0 Å². The quantitative estimate of drug-likeness (QED) is 0.379. The number of thioether (sulfide) groups is 1. The number of hydrogen-bond donors (Lipinski definition) is 2. The van der Waals surface area contributed by atoms with Gasteiger partial charge in [-0.05, 0) is 43.2 Å². The van der Waals surface area contributed by atoms with Crippen LogP contribution >= 0.6 is 23.4 Å². The average Bonchev–Trinajstić information content (AvgIpc) is 3.37. The summed E-state index contributed by atoms with van der Waals surface area (Å²) in [6.45, 7) is 0.210. The first-order valence-corrected chi connectivity index (χ1v) is 11.3. The minimum atomic E-state index is -0.619. The Labute approximate surface area is 183 Å². The van der Waals surface area contributed by atoms with Gasteiger partial charge in [0.1, 0.15) is 12.4 Å². The van der Waals surface area contributed by atoms with Crippen LogP contribution in [0.4, 0.5) is 0 Å². The third-order valence-corrected chi connectivity index (χ3v) is 6.41. The molecule has 154 valence electrons. The van der Waals surface area contributed by atoms with Crippen LogP contribution in [0.2, 0.25) is 5.02 Å².